The van der Waals surface area contributed by atoms with Crippen molar-refractivity contribution in [2.75, 3.05) is 14.7 Å². The molecule has 0 fully saturated rings. The number of aryl methyl sites for hydroxylation is 1. The molecule has 5 heteroatoms. The molecular formula is C73H88BN3S. The van der Waals surface area contributed by atoms with Crippen LogP contribution in [0.5, 0.6) is 0 Å². The Morgan fingerprint density at radius 2 is 1.01 bits per heavy atom. The third-order valence-electron chi connectivity index (χ3n) is 19.9. The van der Waals surface area contributed by atoms with Gasteiger partial charge in [0.2, 0.25) is 0 Å². The Kier molecular flexibility index (Phi) is 10.5. The van der Waals surface area contributed by atoms with Gasteiger partial charge in [0, 0.05) is 49.5 Å². The van der Waals surface area contributed by atoms with E-state index in [1.165, 1.54) is 76.5 Å². The second-order valence-corrected chi connectivity index (χ2v) is 31.4. The molecule has 0 unspecified atom stereocenters. The molecule has 2 aliphatic heterocycles. The third-order valence-corrected chi connectivity index (χ3v) is 21.5. The van der Waals surface area contributed by atoms with E-state index in [1.807, 2.05) is 16.2 Å². The van der Waals surface area contributed by atoms with E-state index in [0.717, 1.165) is 72.6 Å². The highest BCUT2D eigenvalue weighted by Crippen LogP contribution is 2.59. The van der Waals surface area contributed by atoms with Gasteiger partial charge in [-0.05, 0) is 205 Å². The summed E-state index contributed by atoms with van der Waals surface area (Å²) < 4.78 is 48.8. The lowest BCUT2D eigenvalue weighted by molar-refractivity contribution is 0.332. The number of anilines is 9. The number of nitrogens with zero attached hydrogens (tertiary/aromatic N) is 3. The van der Waals surface area contributed by atoms with E-state index in [0.29, 0.717) is 0 Å². The highest BCUT2D eigenvalue weighted by atomic mass is 32.1. The summed E-state index contributed by atoms with van der Waals surface area (Å²) in [5.74, 6) is 0. The maximum atomic E-state index is 9.92. The predicted molar refractivity (Wildman–Crippen MR) is 341 cm³/mol. The monoisotopic (exact) mass is 1050 g/mol. The fraction of sp³-hybridized carbons (Fsp3) is 0.452. The van der Waals surface area contributed by atoms with E-state index in [2.05, 4.69) is 226 Å². The van der Waals surface area contributed by atoms with E-state index in [-0.39, 0.29) is 79.9 Å². The maximum Gasteiger partial charge on any atom is 0.264 e. The maximum absolute atomic E-state index is 9.92. The molecule has 6 aromatic carbocycles. The Morgan fingerprint density at radius 3 is 1.60 bits per heavy atom. The molecule has 0 radical (unpaired) electrons. The molecular weight excluding hydrogens is 962 g/mol. The van der Waals surface area contributed by atoms with E-state index in [9.17, 15) is 5.48 Å². The summed E-state index contributed by atoms with van der Waals surface area (Å²) in [6.45, 7) is 44.8. The molecule has 0 saturated heterocycles. The van der Waals surface area contributed by atoms with Crippen molar-refractivity contribution in [3.05, 3.63) is 165 Å². The van der Waals surface area contributed by atoms with E-state index in [1.54, 1.807) is 0 Å². The summed E-state index contributed by atoms with van der Waals surface area (Å²) in [7, 11) is 0. The molecule has 0 spiro atoms. The second kappa shape index (κ2) is 17.3. The lowest BCUT2D eigenvalue weighted by Gasteiger charge is -2.48. The van der Waals surface area contributed by atoms with E-state index in [4.69, 9.17) is 1.37 Å². The van der Waals surface area contributed by atoms with Gasteiger partial charge >= 0.3 is 0 Å². The summed E-state index contributed by atoms with van der Waals surface area (Å²) in [6.07, 6.45) is 6.37. The van der Waals surface area contributed by atoms with Gasteiger partial charge in [-0.15, -0.1) is 0 Å². The van der Waals surface area contributed by atoms with E-state index < -0.39 is 6.04 Å². The quantitative estimate of drug-likeness (QED) is 0.159. The third kappa shape index (κ3) is 8.22. The van der Waals surface area contributed by atoms with Crippen molar-refractivity contribution in [3.8, 4) is 0 Å². The van der Waals surface area contributed by atoms with Crippen LogP contribution in [-0.2, 0) is 43.3 Å². The number of hydrogen-bond acceptors (Lipinski definition) is 4. The van der Waals surface area contributed by atoms with Crippen LogP contribution < -0.4 is 30.4 Å². The fourth-order valence-electron chi connectivity index (χ4n) is 14.4. The van der Waals surface area contributed by atoms with Crippen LogP contribution in [0.1, 0.15) is 219 Å². The number of thiophene rings is 1. The van der Waals surface area contributed by atoms with Gasteiger partial charge in [-0.2, -0.15) is 11.3 Å². The summed E-state index contributed by atoms with van der Waals surface area (Å²) in [6, 6.07) is 31.3. The van der Waals surface area contributed by atoms with Crippen LogP contribution in [0.4, 0.5) is 51.2 Å². The van der Waals surface area contributed by atoms with Gasteiger partial charge in [-0.1, -0.05) is 179 Å². The Hall–Kier alpha value is -5.52. The molecule has 3 aliphatic carbocycles. The molecule has 78 heavy (non-hydrogen) atoms. The zero-order valence-corrected chi connectivity index (χ0v) is 51.5. The fourth-order valence-corrected chi connectivity index (χ4v) is 16.2. The van der Waals surface area contributed by atoms with Gasteiger partial charge in [-0.3, -0.25) is 0 Å². The van der Waals surface area contributed by atoms with Crippen molar-refractivity contribution < 1.29 is 6.85 Å². The topological polar surface area (TPSA) is 9.72 Å². The van der Waals surface area contributed by atoms with Crippen LogP contribution >= 0.6 is 11.3 Å². The Morgan fingerprint density at radius 1 is 0.487 bits per heavy atom. The molecule has 5 aliphatic rings. The van der Waals surface area contributed by atoms with Crippen molar-refractivity contribution >= 4 is 84.9 Å². The molecule has 7 aromatic rings. The van der Waals surface area contributed by atoms with Crippen LogP contribution in [0.2, 0.25) is 0 Å². The van der Waals surface area contributed by atoms with Crippen molar-refractivity contribution in [3.63, 3.8) is 0 Å². The van der Waals surface area contributed by atoms with Gasteiger partial charge in [0.25, 0.3) is 6.71 Å². The minimum absolute atomic E-state index is 0.0535. The average Bonchev–Trinajstić information content (AvgIpc) is 1.73. The van der Waals surface area contributed by atoms with Gasteiger partial charge in [0.15, 0.2) is 0 Å². The number of para-hydroxylation sites is 1. The molecule has 0 amide bonds. The SMILES string of the molecule is [2H]c1c([2H])c([2H])c(N(c2cc3c4c(c2)N(c2ccc(C(C)(C)C)cc2)c2c(sc5c2C(C)(C)CCC5(C)C)B4c2cc4c(cc2N3c2ccc(C(C)(C)C)cc2C)C(C)(C)CCC4(C)C)c2ccc3c(c2)C(C)(C)CCC3(C)C)c([2H])c1[2H]. The van der Waals surface area contributed by atoms with Crippen LogP contribution in [0.3, 0.4) is 0 Å². The molecule has 0 bridgehead atoms. The zero-order valence-electron chi connectivity index (χ0n) is 55.7. The Labute approximate surface area is 482 Å². The van der Waals surface area contributed by atoms with Crippen molar-refractivity contribution in [1.29, 1.82) is 0 Å². The number of hydrogen-bond donors (Lipinski definition) is 0. The van der Waals surface area contributed by atoms with Gasteiger partial charge < -0.3 is 14.7 Å². The average molecular weight is 1060 g/mol. The highest BCUT2D eigenvalue weighted by Gasteiger charge is 2.52. The predicted octanol–water partition coefficient (Wildman–Crippen LogP) is 19.3. The van der Waals surface area contributed by atoms with E-state index >= 15 is 0 Å². The molecule has 12 rings (SSSR count). The van der Waals surface area contributed by atoms with Crippen LogP contribution in [0, 0.1) is 6.92 Å². The first kappa shape index (κ1) is 47.3. The van der Waals surface area contributed by atoms with Gasteiger partial charge in [0.05, 0.1) is 18.2 Å². The van der Waals surface area contributed by atoms with Crippen LogP contribution in [0.15, 0.2) is 115 Å². The number of benzene rings is 6. The summed E-state index contributed by atoms with van der Waals surface area (Å²) in [5.41, 5.74) is 20.5. The normalized spacial score (nSPS) is 20.6. The van der Waals surface area contributed by atoms with Crippen molar-refractivity contribution in [2.24, 2.45) is 0 Å². The molecule has 0 saturated carbocycles. The Bertz CT molecular complexity index is 3850. The number of fused-ring (bicyclic) bond motifs is 8. The lowest BCUT2D eigenvalue weighted by atomic mass is 9.35. The standard InChI is InChI=1S/C73H88BN3S/c1-45-39-47(67(5,6)7)27-32-57(45)77-58-44-55-54(70(12,13)35-36-71(55,14)15)43-56(58)74-62-59(76(49-28-25-46(26-29-49)66(2,3)4)63-61-64(78-65(63)74)73(18,19)38-37-72(61,16)17)41-51(42-60(62)77)75(48-23-21-20-22-24-48)50-30-31-52-53(40-50)69(10,11)34-33-68(52,8)9/h20-32,39-44H,33-38H2,1-19H3/i20D,21D,22D,23D,24D. The first-order valence-electron chi connectivity index (χ1n) is 31.8. The van der Waals surface area contributed by atoms with Gasteiger partial charge in [-0.25, -0.2) is 0 Å². The minimum Gasteiger partial charge on any atom is -0.311 e. The Balaban J connectivity index is 1.29. The minimum atomic E-state index is -0.406. The first-order chi connectivity index (χ1) is 38.4. The number of rotatable bonds is 5. The zero-order chi connectivity index (χ0) is 60.2. The second-order valence-electron chi connectivity index (χ2n) is 30.4. The van der Waals surface area contributed by atoms with Crippen molar-refractivity contribution in [2.45, 2.75) is 213 Å². The smallest absolute Gasteiger partial charge is 0.264 e. The molecule has 0 atom stereocenters. The molecule has 0 N–H and O–H groups in total. The summed E-state index contributed by atoms with van der Waals surface area (Å²) >= 11 is 2.04. The van der Waals surface area contributed by atoms with Crippen molar-refractivity contribution in [1.82, 2.24) is 0 Å². The molecule has 404 valence electrons. The highest BCUT2D eigenvalue weighted by molar-refractivity contribution is 7.29. The van der Waals surface area contributed by atoms with Crippen LogP contribution in [0.25, 0.3) is 0 Å². The summed E-state index contributed by atoms with van der Waals surface area (Å²) in [4.78, 5) is 8.65. The molecule has 1 aromatic heterocycles. The molecule has 3 nitrogen and oxygen atoms in total. The van der Waals surface area contributed by atoms with Gasteiger partial charge in [0.1, 0.15) is 0 Å². The summed E-state index contributed by atoms with van der Waals surface area (Å²) in [5, 5.41) is 0. The molecule has 3 heterocycles. The largest absolute Gasteiger partial charge is 0.311 e. The first-order valence-corrected chi connectivity index (χ1v) is 30.1. The van der Waals surface area contributed by atoms with Crippen LogP contribution in [-0.4, -0.2) is 6.71 Å². The lowest BCUT2D eigenvalue weighted by Crippen LogP contribution is -2.61.